The van der Waals surface area contributed by atoms with Crippen LogP contribution in [0.1, 0.15) is 38.7 Å². The lowest BCUT2D eigenvalue weighted by Crippen LogP contribution is -2.37. The van der Waals surface area contributed by atoms with Gasteiger partial charge in [0.25, 0.3) is 5.91 Å². The van der Waals surface area contributed by atoms with E-state index in [-0.39, 0.29) is 11.9 Å². The first-order chi connectivity index (χ1) is 18.0. The third kappa shape index (κ3) is 5.38. The van der Waals surface area contributed by atoms with Gasteiger partial charge in [0.05, 0.1) is 23.6 Å². The minimum atomic E-state index is -0.148. The number of nitrogens with one attached hydrogen (secondary N) is 2. The predicted molar refractivity (Wildman–Crippen MR) is 147 cm³/mol. The van der Waals surface area contributed by atoms with E-state index < -0.39 is 0 Å². The number of rotatable bonds is 8. The number of nitrogens with zero attached hydrogens (tertiary/aromatic N) is 3. The fraction of sp³-hybridized carbons (Fsp3) is 0.194. The van der Waals surface area contributed by atoms with Crippen LogP contribution in [0.4, 0.5) is 0 Å². The maximum atomic E-state index is 12.9. The average molecular weight is 490 g/mol. The zero-order valence-electron chi connectivity index (χ0n) is 21.2. The van der Waals surface area contributed by atoms with E-state index in [0.29, 0.717) is 30.7 Å². The van der Waals surface area contributed by atoms with Gasteiger partial charge in [-0.3, -0.25) is 15.2 Å². The lowest BCUT2D eigenvalue weighted by atomic mass is 10.0. The van der Waals surface area contributed by atoms with Crippen molar-refractivity contribution in [3.8, 4) is 0 Å². The van der Waals surface area contributed by atoms with Gasteiger partial charge in [-0.05, 0) is 55.7 Å². The van der Waals surface area contributed by atoms with E-state index in [1.807, 2.05) is 16.7 Å². The third-order valence-electron chi connectivity index (χ3n) is 6.78. The fourth-order valence-electron chi connectivity index (χ4n) is 4.73. The molecule has 0 spiro atoms. The van der Waals surface area contributed by atoms with Gasteiger partial charge in [-0.1, -0.05) is 71.8 Å². The summed E-state index contributed by atoms with van der Waals surface area (Å²) in [6.45, 7) is 5.15. The number of aryl methyl sites for hydroxylation is 2. The topological polar surface area (TPSA) is 75.7 Å². The standard InChI is InChI=1S/C31H31N5O/c1-22-7-11-24(12-8-22)19-27(20-34-30(37)26-15-17-33-18-16-26)36-29-6-4-3-5-28(29)35(31(36)32)21-25-13-9-23(2)10-14-25/h3-18,27,32H,19-21H2,1-2H3,(H,34,37). The molecule has 2 aromatic heterocycles. The van der Waals surface area contributed by atoms with Gasteiger partial charge in [0.2, 0.25) is 5.62 Å². The summed E-state index contributed by atoms with van der Waals surface area (Å²) in [5, 5.41) is 12.4. The van der Waals surface area contributed by atoms with E-state index in [1.165, 1.54) is 11.1 Å². The molecule has 2 heterocycles. The number of hydrogen-bond acceptors (Lipinski definition) is 3. The zero-order chi connectivity index (χ0) is 25.8. The number of aromatic nitrogens is 3. The molecule has 1 amide bonds. The highest BCUT2D eigenvalue weighted by atomic mass is 16.1. The monoisotopic (exact) mass is 489 g/mol. The molecule has 0 aliphatic rings. The molecule has 0 aliphatic carbocycles. The van der Waals surface area contributed by atoms with Gasteiger partial charge >= 0.3 is 0 Å². The van der Waals surface area contributed by atoms with E-state index in [9.17, 15) is 10.2 Å². The number of carbonyl (C=O) groups is 1. The van der Waals surface area contributed by atoms with Crippen molar-refractivity contribution < 1.29 is 4.79 Å². The highest BCUT2D eigenvalue weighted by molar-refractivity contribution is 5.94. The van der Waals surface area contributed by atoms with E-state index in [2.05, 4.69) is 89.4 Å². The molecule has 186 valence electrons. The molecule has 37 heavy (non-hydrogen) atoms. The Bertz CT molecular complexity index is 1560. The van der Waals surface area contributed by atoms with Crippen LogP contribution >= 0.6 is 0 Å². The summed E-state index contributed by atoms with van der Waals surface area (Å²) in [7, 11) is 0. The molecule has 0 aliphatic heterocycles. The number of benzene rings is 3. The normalized spacial score (nSPS) is 11.9. The lowest BCUT2D eigenvalue weighted by Gasteiger charge is -2.21. The summed E-state index contributed by atoms with van der Waals surface area (Å²) in [5.74, 6) is -0.146. The first-order valence-electron chi connectivity index (χ1n) is 12.5. The first kappa shape index (κ1) is 24.3. The van der Waals surface area contributed by atoms with Crippen molar-refractivity contribution in [2.45, 2.75) is 32.9 Å². The average Bonchev–Trinajstić information content (AvgIpc) is 3.20. The lowest BCUT2D eigenvalue weighted by molar-refractivity contribution is 0.0947. The summed E-state index contributed by atoms with van der Waals surface area (Å²) >= 11 is 0. The van der Waals surface area contributed by atoms with Gasteiger partial charge < -0.3 is 14.5 Å². The second kappa shape index (κ2) is 10.7. The number of hydrogen-bond donors (Lipinski definition) is 2. The van der Waals surface area contributed by atoms with Crippen LogP contribution in [0.5, 0.6) is 0 Å². The Hall–Kier alpha value is -4.45. The van der Waals surface area contributed by atoms with Crippen LogP contribution in [0.2, 0.25) is 0 Å². The van der Waals surface area contributed by atoms with E-state index in [4.69, 9.17) is 0 Å². The summed E-state index contributed by atoms with van der Waals surface area (Å²) in [6.07, 6.45) is 3.92. The van der Waals surface area contributed by atoms with Crippen molar-refractivity contribution in [2.75, 3.05) is 6.54 Å². The number of imidazole rings is 1. The smallest absolute Gasteiger partial charge is 0.251 e. The van der Waals surface area contributed by atoms with Gasteiger partial charge in [-0.15, -0.1) is 0 Å². The number of amides is 1. The fourth-order valence-corrected chi connectivity index (χ4v) is 4.73. The Labute approximate surface area is 216 Å². The van der Waals surface area contributed by atoms with Gasteiger partial charge in [0, 0.05) is 24.5 Å². The molecule has 3 aromatic carbocycles. The Kier molecular flexibility index (Phi) is 6.99. The molecule has 5 aromatic rings. The van der Waals surface area contributed by atoms with Gasteiger partial charge in [-0.2, -0.15) is 0 Å². The van der Waals surface area contributed by atoms with Crippen molar-refractivity contribution in [1.82, 2.24) is 19.4 Å². The van der Waals surface area contributed by atoms with Gasteiger partial charge in [0.1, 0.15) is 0 Å². The first-order valence-corrected chi connectivity index (χ1v) is 12.5. The Balaban J connectivity index is 1.54. The molecule has 0 radical (unpaired) electrons. The Morgan fingerprint density at radius 3 is 2.08 bits per heavy atom. The van der Waals surface area contributed by atoms with Gasteiger partial charge in [0.15, 0.2) is 0 Å². The highest BCUT2D eigenvalue weighted by Gasteiger charge is 2.21. The largest absolute Gasteiger partial charge is 0.350 e. The summed E-state index contributed by atoms with van der Waals surface area (Å²) in [6, 6.07) is 28.3. The molecule has 1 unspecified atom stereocenters. The molecule has 0 saturated carbocycles. The second-order valence-corrected chi connectivity index (χ2v) is 9.54. The Morgan fingerprint density at radius 2 is 1.43 bits per heavy atom. The molecule has 0 fully saturated rings. The van der Waals surface area contributed by atoms with E-state index >= 15 is 0 Å². The predicted octanol–water partition coefficient (Wildman–Crippen LogP) is 5.20. The minimum Gasteiger partial charge on any atom is -0.350 e. The number of para-hydroxylation sites is 2. The summed E-state index contributed by atoms with van der Waals surface area (Å²) in [4.78, 5) is 16.9. The van der Waals surface area contributed by atoms with Crippen molar-refractivity contribution in [1.29, 1.82) is 5.41 Å². The van der Waals surface area contributed by atoms with Crippen molar-refractivity contribution >= 4 is 16.9 Å². The molecule has 2 N–H and O–H groups in total. The molecule has 0 bridgehead atoms. The molecule has 6 nitrogen and oxygen atoms in total. The van der Waals surface area contributed by atoms with Crippen LogP contribution in [-0.4, -0.2) is 26.6 Å². The maximum Gasteiger partial charge on any atom is 0.251 e. The van der Waals surface area contributed by atoms with Crippen LogP contribution < -0.4 is 10.9 Å². The van der Waals surface area contributed by atoms with Crippen LogP contribution in [-0.2, 0) is 13.0 Å². The zero-order valence-corrected chi connectivity index (χ0v) is 21.2. The van der Waals surface area contributed by atoms with Crippen LogP contribution in [0, 0.1) is 19.3 Å². The number of fused-ring (bicyclic) bond motifs is 1. The SMILES string of the molecule is Cc1ccc(CC(CNC(=O)c2ccncc2)n2c(=N)n(Cc3ccc(C)cc3)c3ccccc32)cc1. The van der Waals surface area contributed by atoms with Gasteiger partial charge in [-0.25, -0.2) is 0 Å². The Morgan fingerprint density at radius 1 is 0.838 bits per heavy atom. The second-order valence-electron chi connectivity index (χ2n) is 9.54. The van der Waals surface area contributed by atoms with Crippen molar-refractivity contribution in [3.05, 3.63) is 131 Å². The van der Waals surface area contributed by atoms with Crippen LogP contribution in [0.15, 0.2) is 97.3 Å². The van der Waals surface area contributed by atoms with Crippen molar-refractivity contribution in [3.63, 3.8) is 0 Å². The number of pyridine rings is 1. The molecule has 1 atom stereocenters. The van der Waals surface area contributed by atoms with Crippen LogP contribution in [0.25, 0.3) is 11.0 Å². The molecule has 0 saturated heterocycles. The highest BCUT2D eigenvalue weighted by Crippen LogP contribution is 2.22. The molecular formula is C31H31N5O. The molecule has 6 heteroatoms. The van der Waals surface area contributed by atoms with E-state index in [0.717, 1.165) is 22.2 Å². The number of carbonyl (C=O) groups excluding carboxylic acids is 1. The van der Waals surface area contributed by atoms with Crippen LogP contribution in [0.3, 0.4) is 0 Å². The summed E-state index contributed by atoms with van der Waals surface area (Å²) < 4.78 is 4.11. The van der Waals surface area contributed by atoms with E-state index in [1.54, 1.807) is 24.5 Å². The maximum absolute atomic E-state index is 12.9. The molecule has 5 rings (SSSR count). The quantitative estimate of drug-likeness (QED) is 0.315. The van der Waals surface area contributed by atoms with Crippen molar-refractivity contribution in [2.24, 2.45) is 0 Å². The summed E-state index contributed by atoms with van der Waals surface area (Å²) in [5.41, 5.74) is 7.70. The minimum absolute atomic E-state index is 0.146. The third-order valence-corrected chi connectivity index (χ3v) is 6.78. The molecular weight excluding hydrogens is 458 g/mol.